The molecule has 2 heterocycles. The van der Waals surface area contributed by atoms with Crippen molar-refractivity contribution in [3.8, 4) is 0 Å². The fraction of sp³-hybridized carbons (Fsp3) is 0.294. The van der Waals surface area contributed by atoms with E-state index >= 15 is 0 Å². The Labute approximate surface area is 160 Å². The minimum atomic E-state index is -0.843. The van der Waals surface area contributed by atoms with Crippen molar-refractivity contribution in [3.05, 3.63) is 44.1 Å². The predicted molar refractivity (Wildman–Crippen MR) is 97.8 cm³/mol. The third kappa shape index (κ3) is 3.96. The number of amides is 1. The molecule has 1 amide bonds. The summed E-state index contributed by atoms with van der Waals surface area (Å²) >= 11 is 2.12. The van der Waals surface area contributed by atoms with Crippen LogP contribution in [0.1, 0.15) is 27.3 Å². The Balaban J connectivity index is 2.18. The van der Waals surface area contributed by atoms with Gasteiger partial charge in [0.25, 0.3) is 5.91 Å². The molecule has 0 saturated heterocycles. The van der Waals surface area contributed by atoms with Crippen LogP contribution in [0.25, 0.3) is 10.2 Å². The summed E-state index contributed by atoms with van der Waals surface area (Å²) in [7, 11) is 0. The lowest BCUT2D eigenvalue weighted by molar-refractivity contribution is -0.143. The van der Waals surface area contributed by atoms with Crippen molar-refractivity contribution in [1.29, 1.82) is 0 Å². The Kier molecular flexibility index (Phi) is 5.47. The van der Waals surface area contributed by atoms with E-state index in [1.807, 2.05) is 0 Å². The maximum Gasteiger partial charge on any atom is 0.326 e. The molecule has 0 unspecified atom stereocenters. The summed E-state index contributed by atoms with van der Waals surface area (Å²) in [5, 5.41) is 0.718. The van der Waals surface area contributed by atoms with Gasteiger partial charge in [0.05, 0.1) is 27.5 Å². The second kappa shape index (κ2) is 7.65. The molecule has 0 aliphatic rings. The van der Waals surface area contributed by atoms with Gasteiger partial charge in [-0.1, -0.05) is 11.3 Å². The van der Waals surface area contributed by atoms with Crippen molar-refractivity contribution in [2.45, 2.75) is 27.3 Å². The molecule has 3 rings (SSSR count). The van der Waals surface area contributed by atoms with Gasteiger partial charge in [0.1, 0.15) is 17.2 Å². The van der Waals surface area contributed by atoms with Crippen LogP contribution < -0.4 is 4.80 Å². The van der Waals surface area contributed by atoms with E-state index in [1.54, 1.807) is 20.8 Å². The third-order valence-corrected chi connectivity index (χ3v) is 5.67. The molecule has 3 aromatic rings. The average molecular weight is 411 g/mol. The molecule has 0 radical (unpaired) electrons. The Hall–Kier alpha value is -2.46. The third-order valence-electron chi connectivity index (χ3n) is 3.58. The van der Waals surface area contributed by atoms with Gasteiger partial charge in [-0.2, -0.15) is 4.99 Å². The lowest BCUT2D eigenvalue weighted by Crippen LogP contribution is -2.23. The van der Waals surface area contributed by atoms with E-state index in [0.29, 0.717) is 10.6 Å². The highest BCUT2D eigenvalue weighted by Gasteiger charge is 2.18. The summed E-state index contributed by atoms with van der Waals surface area (Å²) in [5.41, 5.74) is 0.541. The lowest BCUT2D eigenvalue weighted by atomic mass is 10.3. The molecule has 142 valence electrons. The fourth-order valence-corrected chi connectivity index (χ4v) is 4.44. The highest BCUT2D eigenvalue weighted by Crippen LogP contribution is 2.23. The molecular weight excluding hydrogens is 396 g/mol. The number of hydrogen-bond acceptors (Lipinski definition) is 6. The molecular formula is C17H15F2N3O3S2. The molecule has 27 heavy (non-hydrogen) atoms. The normalized spacial score (nSPS) is 12.0. The van der Waals surface area contributed by atoms with Crippen molar-refractivity contribution in [2.75, 3.05) is 6.61 Å². The van der Waals surface area contributed by atoms with Gasteiger partial charge in [-0.05, 0) is 26.8 Å². The number of thiazole rings is 2. The molecule has 1 aromatic carbocycles. The summed E-state index contributed by atoms with van der Waals surface area (Å²) in [6, 6.07) is 1.86. The lowest BCUT2D eigenvalue weighted by Gasteiger charge is -2.05. The second-order valence-corrected chi connectivity index (χ2v) is 7.79. The minimum Gasteiger partial charge on any atom is -0.465 e. The van der Waals surface area contributed by atoms with E-state index in [9.17, 15) is 18.4 Å². The summed E-state index contributed by atoms with van der Waals surface area (Å²) in [6.07, 6.45) is 0. The van der Waals surface area contributed by atoms with Crippen LogP contribution in [0, 0.1) is 25.5 Å². The number of carbonyl (C=O) groups is 2. The number of aryl methyl sites for hydroxylation is 2. The molecule has 0 atom stereocenters. The molecule has 0 aliphatic heterocycles. The largest absolute Gasteiger partial charge is 0.465 e. The molecule has 0 aliphatic carbocycles. The van der Waals surface area contributed by atoms with E-state index in [2.05, 4.69) is 9.98 Å². The first-order valence-corrected chi connectivity index (χ1v) is 9.60. The van der Waals surface area contributed by atoms with Gasteiger partial charge < -0.3 is 9.30 Å². The van der Waals surface area contributed by atoms with Gasteiger partial charge in [-0.3, -0.25) is 9.59 Å². The molecule has 0 N–H and O–H groups in total. The quantitative estimate of drug-likeness (QED) is 0.617. The Morgan fingerprint density at radius 2 is 2.00 bits per heavy atom. The number of esters is 1. The predicted octanol–water partition coefficient (Wildman–Crippen LogP) is 3.36. The topological polar surface area (TPSA) is 73.6 Å². The summed E-state index contributed by atoms with van der Waals surface area (Å²) in [6.45, 7) is 4.92. The number of carbonyl (C=O) groups excluding carboxylic acids is 2. The van der Waals surface area contributed by atoms with Crippen molar-refractivity contribution >= 4 is 44.8 Å². The summed E-state index contributed by atoms with van der Waals surface area (Å²) in [4.78, 5) is 33.2. The number of nitrogens with zero attached hydrogens (tertiary/aromatic N) is 3. The maximum absolute atomic E-state index is 14.3. The number of benzene rings is 1. The first kappa shape index (κ1) is 19.3. The number of halogens is 2. The zero-order valence-electron chi connectivity index (χ0n) is 14.7. The average Bonchev–Trinajstić information content (AvgIpc) is 3.07. The zero-order valence-corrected chi connectivity index (χ0v) is 16.3. The molecule has 2 aromatic heterocycles. The molecule has 0 fully saturated rings. The van der Waals surface area contributed by atoms with Gasteiger partial charge in [-0.25, -0.2) is 13.8 Å². The molecule has 0 spiro atoms. The smallest absolute Gasteiger partial charge is 0.326 e. The van der Waals surface area contributed by atoms with Crippen LogP contribution in [-0.2, 0) is 16.1 Å². The number of rotatable bonds is 4. The van der Waals surface area contributed by atoms with Crippen LogP contribution in [-0.4, -0.2) is 28.0 Å². The standard InChI is InChI=1S/C17H15F2N3O3S2/c1-4-25-13(23)7-22-14-11(19)5-10(18)6-12(14)27-17(22)21-16(24)15-8(2)20-9(3)26-15/h5-6H,4,7H2,1-3H3. The number of ether oxygens (including phenoxy) is 1. The summed E-state index contributed by atoms with van der Waals surface area (Å²) < 4.78 is 34.3. The van der Waals surface area contributed by atoms with Crippen LogP contribution in [0.5, 0.6) is 0 Å². The van der Waals surface area contributed by atoms with Crippen LogP contribution in [0.4, 0.5) is 8.78 Å². The van der Waals surface area contributed by atoms with E-state index in [4.69, 9.17) is 4.74 Å². The van der Waals surface area contributed by atoms with E-state index in [1.165, 1.54) is 15.9 Å². The fourth-order valence-electron chi connectivity index (χ4n) is 2.56. The van der Waals surface area contributed by atoms with E-state index < -0.39 is 23.5 Å². The highest BCUT2D eigenvalue weighted by molar-refractivity contribution is 7.16. The maximum atomic E-state index is 14.3. The van der Waals surface area contributed by atoms with Crippen LogP contribution in [0.2, 0.25) is 0 Å². The van der Waals surface area contributed by atoms with Crippen molar-refractivity contribution in [3.63, 3.8) is 0 Å². The number of aromatic nitrogens is 2. The number of hydrogen-bond donors (Lipinski definition) is 0. The van der Waals surface area contributed by atoms with Crippen molar-refractivity contribution < 1.29 is 23.1 Å². The zero-order chi connectivity index (χ0) is 19.7. The van der Waals surface area contributed by atoms with Crippen molar-refractivity contribution in [1.82, 2.24) is 9.55 Å². The van der Waals surface area contributed by atoms with Gasteiger partial charge in [0.15, 0.2) is 10.6 Å². The van der Waals surface area contributed by atoms with Crippen LogP contribution in [0.3, 0.4) is 0 Å². The number of fused-ring (bicyclic) bond motifs is 1. The Morgan fingerprint density at radius 1 is 1.26 bits per heavy atom. The monoisotopic (exact) mass is 411 g/mol. The highest BCUT2D eigenvalue weighted by atomic mass is 32.1. The summed E-state index contributed by atoms with van der Waals surface area (Å²) in [5.74, 6) is -2.76. The van der Waals surface area contributed by atoms with Gasteiger partial charge in [0, 0.05) is 6.07 Å². The van der Waals surface area contributed by atoms with Gasteiger partial charge in [0.2, 0.25) is 0 Å². The van der Waals surface area contributed by atoms with Gasteiger partial charge in [-0.15, -0.1) is 11.3 Å². The Bertz CT molecular complexity index is 1110. The van der Waals surface area contributed by atoms with Gasteiger partial charge >= 0.3 is 5.97 Å². The SMILES string of the molecule is CCOC(=O)Cn1c(=NC(=O)c2sc(C)nc2C)sc2cc(F)cc(F)c21. The van der Waals surface area contributed by atoms with E-state index in [0.717, 1.165) is 28.5 Å². The Morgan fingerprint density at radius 3 is 2.63 bits per heavy atom. The van der Waals surface area contributed by atoms with E-state index in [-0.39, 0.29) is 28.2 Å². The molecule has 10 heteroatoms. The minimum absolute atomic E-state index is 0.00166. The molecule has 0 bridgehead atoms. The van der Waals surface area contributed by atoms with Crippen molar-refractivity contribution in [2.24, 2.45) is 4.99 Å². The van der Waals surface area contributed by atoms with Crippen LogP contribution in [0.15, 0.2) is 17.1 Å². The van der Waals surface area contributed by atoms with Crippen LogP contribution >= 0.6 is 22.7 Å². The molecule has 6 nitrogen and oxygen atoms in total. The first-order chi connectivity index (χ1) is 12.8. The molecule has 0 saturated carbocycles. The first-order valence-electron chi connectivity index (χ1n) is 7.97. The second-order valence-electron chi connectivity index (χ2n) is 5.57.